The second-order valence-corrected chi connectivity index (χ2v) is 4.94. The van der Waals surface area contributed by atoms with Crippen molar-refractivity contribution in [2.75, 3.05) is 14.2 Å². The van der Waals surface area contributed by atoms with E-state index in [4.69, 9.17) is 0 Å². The van der Waals surface area contributed by atoms with Gasteiger partial charge >= 0.3 is 5.97 Å². The molecule has 2 rings (SSSR count). The number of nitrogens with zero attached hydrogens (tertiary/aromatic N) is 1. The number of esters is 1. The van der Waals surface area contributed by atoms with Crippen molar-refractivity contribution < 1.29 is 23.5 Å². The maximum atomic E-state index is 13.5. The van der Waals surface area contributed by atoms with E-state index in [0.29, 0.717) is 0 Å². The molecular formula is C14H14FNO4. The molecule has 0 aliphatic carbocycles. The normalized spacial score (nSPS) is 21.7. The summed E-state index contributed by atoms with van der Waals surface area (Å²) in [7, 11) is 2.55. The number of hydrogen-bond acceptors (Lipinski definition) is 4. The summed E-state index contributed by atoms with van der Waals surface area (Å²) < 4.78 is 18.0. The number of rotatable bonds is 2. The minimum Gasteiger partial charge on any atom is -0.469 e. The van der Waals surface area contributed by atoms with Crippen molar-refractivity contribution in [3.63, 3.8) is 0 Å². The Morgan fingerprint density at radius 3 is 2.65 bits per heavy atom. The Morgan fingerprint density at radius 1 is 1.40 bits per heavy atom. The van der Waals surface area contributed by atoms with Crippen LogP contribution >= 0.6 is 0 Å². The number of imide groups is 1. The van der Waals surface area contributed by atoms with Gasteiger partial charge in [0.15, 0.2) is 0 Å². The first kappa shape index (κ1) is 14.2. The van der Waals surface area contributed by atoms with Gasteiger partial charge in [-0.05, 0) is 30.7 Å². The Balaban J connectivity index is 2.64. The Kier molecular flexibility index (Phi) is 3.33. The summed E-state index contributed by atoms with van der Waals surface area (Å²) in [5.41, 5.74) is -0.872. The number of carbonyl (C=O) groups is 3. The third-order valence-corrected chi connectivity index (χ3v) is 3.61. The smallest absolute Gasteiger partial charge is 0.306 e. The van der Waals surface area contributed by atoms with Gasteiger partial charge in [0.1, 0.15) is 5.82 Å². The summed E-state index contributed by atoms with van der Waals surface area (Å²) in [6, 6.07) is 3.60. The zero-order valence-corrected chi connectivity index (χ0v) is 11.4. The summed E-state index contributed by atoms with van der Waals surface area (Å²) >= 11 is 0. The second kappa shape index (κ2) is 4.70. The molecule has 0 spiro atoms. The first-order valence-corrected chi connectivity index (χ1v) is 6.00. The van der Waals surface area contributed by atoms with Crippen molar-refractivity contribution in [2.24, 2.45) is 0 Å². The molecule has 6 heteroatoms. The number of likely N-dealkylation sites (N-methyl/N-ethyl adjacent to an activating group) is 1. The molecule has 1 aliphatic heterocycles. The van der Waals surface area contributed by atoms with Crippen LogP contribution in [0.2, 0.25) is 0 Å². The molecule has 1 aromatic rings. The highest BCUT2D eigenvalue weighted by atomic mass is 19.1. The fourth-order valence-corrected chi connectivity index (χ4v) is 2.45. The van der Waals surface area contributed by atoms with Gasteiger partial charge in [-0.3, -0.25) is 19.3 Å². The fourth-order valence-electron chi connectivity index (χ4n) is 2.45. The molecular weight excluding hydrogens is 265 g/mol. The molecule has 0 bridgehead atoms. The van der Waals surface area contributed by atoms with Gasteiger partial charge in [0, 0.05) is 12.6 Å². The van der Waals surface area contributed by atoms with Gasteiger partial charge in [-0.25, -0.2) is 4.39 Å². The molecule has 106 valence electrons. The highest BCUT2D eigenvalue weighted by molar-refractivity contribution is 6.13. The molecule has 5 nitrogen and oxygen atoms in total. The van der Waals surface area contributed by atoms with Gasteiger partial charge in [0.25, 0.3) is 5.91 Å². The molecule has 20 heavy (non-hydrogen) atoms. The highest BCUT2D eigenvalue weighted by Crippen LogP contribution is 2.37. The lowest BCUT2D eigenvalue weighted by Gasteiger charge is -2.37. The van der Waals surface area contributed by atoms with E-state index in [9.17, 15) is 18.8 Å². The molecule has 1 unspecified atom stereocenters. The van der Waals surface area contributed by atoms with Crippen molar-refractivity contribution in [1.82, 2.24) is 4.90 Å². The van der Waals surface area contributed by atoms with Gasteiger partial charge in [0.2, 0.25) is 5.91 Å². The van der Waals surface area contributed by atoms with Crippen LogP contribution in [0.5, 0.6) is 0 Å². The topological polar surface area (TPSA) is 63.7 Å². The van der Waals surface area contributed by atoms with E-state index in [-0.39, 0.29) is 17.5 Å². The number of ether oxygens (including phenoxy) is 1. The maximum Gasteiger partial charge on any atom is 0.306 e. The van der Waals surface area contributed by atoms with Crippen molar-refractivity contribution >= 4 is 17.8 Å². The molecule has 2 amide bonds. The van der Waals surface area contributed by atoms with E-state index in [1.54, 1.807) is 0 Å². The SMILES string of the molecule is COC(=O)CC1(C)C(=O)N(C)C(=O)c2ccc(F)cc21. The van der Waals surface area contributed by atoms with Gasteiger partial charge in [-0.2, -0.15) is 0 Å². The molecule has 0 aromatic heterocycles. The Morgan fingerprint density at radius 2 is 2.05 bits per heavy atom. The lowest BCUT2D eigenvalue weighted by atomic mass is 9.73. The third-order valence-electron chi connectivity index (χ3n) is 3.61. The number of hydrogen-bond donors (Lipinski definition) is 0. The molecule has 0 fully saturated rings. The summed E-state index contributed by atoms with van der Waals surface area (Å²) in [6.45, 7) is 1.51. The number of halogens is 1. The standard InChI is InChI=1S/C14H14FNO4/c1-14(7-11(17)20-3)10-6-8(15)4-5-9(10)12(18)16(2)13(14)19/h4-6H,7H2,1-3H3. The van der Waals surface area contributed by atoms with Crippen LogP contribution in [0.1, 0.15) is 29.3 Å². The second-order valence-electron chi connectivity index (χ2n) is 4.94. The van der Waals surface area contributed by atoms with E-state index < -0.39 is 29.0 Å². The quantitative estimate of drug-likeness (QED) is 0.604. The summed E-state index contributed by atoms with van der Waals surface area (Å²) in [5.74, 6) is -2.22. The summed E-state index contributed by atoms with van der Waals surface area (Å²) in [4.78, 5) is 36.9. The number of carbonyl (C=O) groups excluding carboxylic acids is 3. The number of methoxy groups -OCH3 is 1. The van der Waals surface area contributed by atoms with Crippen LogP contribution in [-0.4, -0.2) is 36.8 Å². The molecule has 1 heterocycles. The zero-order valence-electron chi connectivity index (χ0n) is 11.4. The largest absolute Gasteiger partial charge is 0.469 e. The minimum absolute atomic E-state index is 0.219. The zero-order chi connectivity index (χ0) is 15.1. The number of fused-ring (bicyclic) bond motifs is 1. The van der Waals surface area contributed by atoms with Gasteiger partial charge in [-0.15, -0.1) is 0 Å². The monoisotopic (exact) mass is 279 g/mol. The van der Waals surface area contributed by atoms with Crippen LogP contribution in [0.25, 0.3) is 0 Å². The van der Waals surface area contributed by atoms with Crippen molar-refractivity contribution in [3.05, 3.63) is 35.1 Å². The minimum atomic E-state index is -1.31. The molecule has 0 radical (unpaired) electrons. The molecule has 0 N–H and O–H groups in total. The fraction of sp³-hybridized carbons (Fsp3) is 0.357. The lowest BCUT2D eigenvalue weighted by molar-refractivity contribution is -0.147. The molecule has 1 atom stereocenters. The van der Waals surface area contributed by atoms with Crippen LogP contribution in [0.4, 0.5) is 4.39 Å². The molecule has 1 aliphatic rings. The van der Waals surface area contributed by atoms with E-state index in [0.717, 1.165) is 17.0 Å². The van der Waals surface area contributed by atoms with Gasteiger partial charge in [0.05, 0.1) is 18.9 Å². The van der Waals surface area contributed by atoms with Crippen LogP contribution in [0, 0.1) is 5.82 Å². The highest BCUT2D eigenvalue weighted by Gasteiger charge is 2.47. The van der Waals surface area contributed by atoms with Gasteiger partial charge in [-0.1, -0.05) is 0 Å². The molecule has 0 saturated heterocycles. The molecule has 1 aromatic carbocycles. The first-order valence-electron chi connectivity index (χ1n) is 6.00. The Labute approximate surface area is 115 Å². The van der Waals surface area contributed by atoms with E-state index in [2.05, 4.69) is 4.74 Å². The van der Waals surface area contributed by atoms with Crippen molar-refractivity contribution in [1.29, 1.82) is 0 Å². The maximum absolute atomic E-state index is 13.5. The van der Waals surface area contributed by atoms with Crippen molar-refractivity contribution in [2.45, 2.75) is 18.8 Å². The number of amides is 2. The lowest BCUT2D eigenvalue weighted by Crippen LogP contribution is -2.52. The number of benzene rings is 1. The average Bonchev–Trinajstić information content (AvgIpc) is 2.43. The predicted molar refractivity (Wildman–Crippen MR) is 67.5 cm³/mol. The van der Waals surface area contributed by atoms with Gasteiger partial charge < -0.3 is 4.74 Å². The predicted octanol–water partition coefficient (Wildman–Crippen LogP) is 1.26. The molecule has 0 saturated carbocycles. The summed E-state index contributed by atoms with van der Waals surface area (Å²) in [6.07, 6.45) is -0.254. The summed E-state index contributed by atoms with van der Waals surface area (Å²) in [5, 5.41) is 0. The van der Waals surface area contributed by atoms with Crippen LogP contribution < -0.4 is 0 Å². The average molecular weight is 279 g/mol. The third kappa shape index (κ3) is 1.97. The van der Waals surface area contributed by atoms with E-state index in [1.165, 1.54) is 27.1 Å². The van der Waals surface area contributed by atoms with E-state index >= 15 is 0 Å². The Bertz CT molecular complexity index is 613. The van der Waals surface area contributed by atoms with Crippen LogP contribution in [-0.2, 0) is 19.7 Å². The van der Waals surface area contributed by atoms with Crippen LogP contribution in [0.3, 0.4) is 0 Å². The first-order chi connectivity index (χ1) is 9.31. The Hall–Kier alpha value is -2.24. The van der Waals surface area contributed by atoms with E-state index in [1.807, 2.05) is 0 Å². The van der Waals surface area contributed by atoms with Crippen LogP contribution in [0.15, 0.2) is 18.2 Å². The van der Waals surface area contributed by atoms with Crippen molar-refractivity contribution in [3.8, 4) is 0 Å².